The Morgan fingerprint density at radius 3 is 1.49 bits per heavy atom. The first-order valence-electron chi connectivity index (χ1n) is 12.3. The van der Waals surface area contributed by atoms with Gasteiger partial charge in [0.2, 0.25) is 0 Å². The molecule has 7 heteroatoms. The van der Waals surface area contributed by atoms with E-state index >= 15 is 0 Å². The molecule has 2 aromatic carbocycles. The molecule has 0 heterocycles. The maximum atomic E-state index is 11.3. The lowest BCUT2D eigenvalue weighted by molar-refractivity contribution is -0.132. The van der Waals surface area contributed by atoms with Gasteiger partial charge in [0.15, 0.2) is 0 Å². The predicted molar refractivity (Wildman–Crippen MR) is 153 cm³/mol. The third-order valence-corrected chi connectivity index (χ3v) is 8.57. The molecule has 0 aromatic heterocycles. The molecule has 2 unspecified atom stereocenters. The van der Waals surface area contributed by atoms with Crippen LogP contribution in [0.15, 0.2) is 48.5 Å². The first-order valence-corrected chi connectivity index (χ1v) is 15.3. The number of alkyl halides is 2. The zero-order chi connectivity index (χ0) is 25.5. The smallest absolute Gasteiger partial charge is 0.308 e. The fourth-order valence-corrected chi connectivity index (χ4v) is 6.22. The number of esters is 2. The molecule has 0 amide bonds. The van der Waals surface area contributed by atoms with Crippen molar-refractivity contribution < 1.29 is 19.1 Å². The molecule has 0 aliphatic carbocycles. The van der Waals surface area contributed by atoms with E-state index < -0.39 is 0 Å². The van der Waals surface area contributed by atoms with Crippen LogP contribution < -0.4 is 9.47 Å². The van der Waals surface area contributed by atoms with Gasteiger partial charge in [-0.05, 0) is 49.3 Å². The maximum Gasteiger partial charge on any atom is 0.308 e. The minimum Gasteiger partial charge on any atom is -0.426 e. The highest BCUT2D eigenvalue weighted by molar-refractivity contribution is 9.09. The zero-order valence-corrected chi connectivity index (χ0v) is 24.6. The number of carbonyl (C=O) groups excluding carboxylic acids is 2. The summed E-state index contributed by atoms with van der Waals surface area (Å²) in [4.78, 5) is 23.0. The van der Waals surface area contributed by atoms with Crippen LogP contribution >= 0.6 is 43.6 Å². The maximum absolute atomic E-state index is 11.3. The second kappa shape index (κ2) is 17.2. The van der Waals surface area contributed by atoms with Gasteiger partial charge in [0.05, 0.1) is 0 Å². The summed E-state index contributed by atoms with van der Waals surface area (Å²) in [5, 5.41) is 0. The van der Waals surface area contributed by atoms with Gasteiger partial charge in [-0.1, -0.05) is 93.9 Å². The largest absolute Gasteiger partial charge is 0.426 e. The third-order valence-electron chi connectivity index (χ3n) is 5.51. The average molecular weight is 628 g/mol. The van der Waals surface area contributed by atoms with Crippen LogP contribution in [-0.4, -0.2) is 23.4 Å². The highest BCUT2D eigenvalue weighted by Crippen LogP contribution is 2.36. The molecule has 0 saturated heterocycles. The van der Waals surface area contributed by atoms with Gasteiger partial charge in [-0.3, -0.25) is 9.59 Å². The van der Waals surface area contributed by atoms with Crippen LogP contribution in [0.25, 0.3) is 0 Å². The summed E-state index contributed by atoms with van der Waals surface area (Å²) in [6.45, 7) is 2.87. The first-order chi connectivity index (χ1) is 16.9. The highest BCUT2D eigenvalue weighted by Gasteiger charge is 2.15. The Kier molecular flexibility index (Phi) is 14.7. The van der Waals surface area contributed by atoms with Crippen LogP contribution in [0.3, 0.4) is 0 Å². The van der Waals surface area contributed by atoms with Gasteiger partial charge in [-0.2, -0.15) is 11.8 Å². The molecular weight excluding hydrogens is 592 g/mol. The van der Waals surface area contributed by atoms with Gasteiger partial charge < -0.3 is 9.47 Å². The van der Waals surface area contributed by atoms with Gasteiger partial charge in [0, 0.05) is 34.6 Å². The summed E-state index contributed by atoms with van der Waals surface area (Å²) in [5.74, 6) is 3.13. The number of benzene rings is 2. The number of rotatable bonds is 16. The molecule has 35 heavy (non-hydrogen) atoms. The van der Waals surface area contributed by atoms with Gasteiger partial charge >= 0.3 is 11.9 Å². The molecular formula is C28H36Br2O4S. The Hall–Kier alpha value is -1.31. The number of thioether (sulfide) groups is 1. The van der Waals surface area contributed by atoms with Crippen LogP contribution in [0.5, 0.6) is 11.5 Å². The van der Waals surface area contributed by atoms with Crippen molar-refractivity contribution in [1.82, 2.24) is 0 Å². The van der Waals surface area contributed by atoms with Crippen molar-refractivity contribution in [2.45, 2.75) is 74.9 Å². The fourth-order valence-electron chi connectivity index (χ4n) is 3.80. The van der Waals surface area contributed by atoms with Crippen molar-refractivity contribution in [2.75, 3.05) is 11.5 Å². The molecule has 4 nitrogen and oxygen atoms in total. The number of carbonyl (C=O) groups is 2. The van der Waals surface area contributed by atoms with E-state index in [1.165, 1.54) is 51.0 Å². The van der Waals surface area contributed by atoms with Crippen molar-refractivity contribution in [1.29, 1.82) is 0 Å². The van der Waals surface area contributed by atoms with Crippen molar-refractivity contribution >= 4 is 55.6 Å². The summed E-state index contributed by atoms with van der Waals surface area (Å²) in [5.41, 5.74) is 2.08. The second-order valence-electron chi connectivity index (χ2n) is 8.51. The summed E-state index contributed by atoms with van der Waals surface area (Å²) in [6.07, 6.45) is 9.21. The zero-order valence-electron chi connectivity index (χ0n) is 20.6. The molecule has 0 radical (unpaired) electrons. The van der Waals surface area contributed by atoms with Crippen molar-refractivity contribution in [3.63, 3.8) is 0 Å². The number of ether oxygens (including phenoxy) is 2. The van der Waals surface area contributed by atoms with Crippen LogP contribution in [0.4, 0.5) is 0 Å². The normalized spacial score (nSPS) is 12.7. The lowest BCUT2D eigenvalue weighted by atomic mass is 10.1. The summed E-state index contributed by atoms with van der Waals surface area (Å²) >= 11 is 9.57. The quantitative estimate of drug-likeness (QED) is 0.0804. The Labute approximate surface area is 231 Å². The van der Waals surface area contributed by atoms with Crippen LogP contribution in [0.1, 0.15) is 86.0 Å². The summed E-state index contributed by atoms with van der Waals surface area (Å²) in [6, 6.07) is 15.5. The Morgan fingerprint density at radius 1 is 0.686 bits per heavy atom. The Balaban J connectivity index is 1.52. The lowest BCUT2D eigenvalue weighted by Crippen LogP contribution is -2.04. The number of halogens is 2. The van der Waals surface area contributed by atoms with Crippen LogP contribution in [0, 0.1) is 0 Å². The SMILES string of the molecule is CC(=O)Oc1ccccc1C(Br)CCCCCSCCCCCC(Br)c1ccccc1OC(C)=O. The van der Waals surface area contributed by atoms with Gasteiger partial charge in [-0.25, -0.2) is 0 Å². The van der Waals surface area contributed by atoms with E-state index in [-0.39, 0.29) is 21.6 Å². The minimum atomic E-state index is -0.286. The second-order valence-corrected chi connectivity index (χ2v) is 11.9. The summed E-state index contributed by atoms with van der Waals surface area (Å²) in [7, 11) is 0. The Morgan fingerprint density at radius 2 is 1.09 bits per heavy atom. The molecule has 0 fully saturated rings. The molecule has 192 valence electrons. The average Bonchev–Trinajstić information content (AvgIpc) is 2.82. The number of hydrogen-bond donors (Lipinski definition) is 0. The molecule has 0 bridgehead atoms. The van der Waals surface area contributed by atoms with E-state index in [4.69, 9.17) is 9.47 Å². The van der Waals surface area contributed by atoms with Crippen LogP contribution in [0.2, 0.25) is 0 Å². The molecule has 2 aromatic rings. The Bertz CT molecular complexity index is 848. The van der Waals surface area contributed by atoms with Crippen molar-refractivity contribution in [3.8, 4) is 11.5 Å². The predicted octanol–water partition coefficient (Wildman–Crippen LogP) is 8.96. The van der Waals surface area contributed by atoms with Crippen LogP contribution in [-0.2, 0) is 9.59 Å². The van der Waals surface area contributed by atoms with Gasteiger partial charge in [0.25, 0.3) is 0 Å². The van der Waals surface area contributed by atoms with E-state index in [1.54, 1.807) is 0 Å². The molecule has 0 saturated carbocycles. The van der Waals surface area contributed by atoms with Crippen molar-refractivity contribution in [2.24, 2.45) is 0 Å². The molecule has 2 atom stereocenters. The molecule has 0 spiro atoms. The van der Waals surface area contributed by atoms with E-state index in [2.05, 4.69) is 31.9 Å². The molecule has 2 rings (SSSR count). The van der Waals surface area contributed by atoms with E-state index in [1.807, 2.05) is 60.3 Å². The van der Waals surface area contributed by atoms with Gasteiger partial charge in [0.1, 0.15) is 11.5 Å². The molecule has 0 N–H and O–H groups in total. The third kappa shape index (κ3) is 12.0. The monoisotopic (exact) mass is 626 g/mol. The first kappa shape index (κ1) is 29.9. The minimum absolute atomic E-state index is 0.199. The van der Waals surface area contributed by atoms with E-state index in [0.717, 1.165) is 36.8 Å². The fraction of sp³-hybridized carbons (Fsp3) is 0.500. The highest BCUT2D eigenvalue weighted by atomic mass is 79.9. The molecule has 0 aliphatic rings. The number of hydrogen-bond acceptors (Lipinski definition) is 5. The molecule has 0 aliphatic heterocycles. The number of unbranched alkanes of at least 4 members (excludes halogenated alkanes) is 4. The lowest BCUT2D eigenvalue weighted by Gasteiger charge is -2.14. The topological polar surface area (TPSA) is 52.6 Å². The van der Waals surface area contributed by atoms with Crippen molar-refractivity contribution in [3.05, 3.63) is 59.7 Å². The standard InChI is InChI=1S/C28H36Br2O4S/c1-21(31)33-27-17-9-7-13-23(27)25(29)15-5-3-11-19-35-20-12-4-6-16-26(30)24-14-8-10-18-28(24)34-22(2)32/h7-10,13-14,17-18,25-26H,3-6,11-12,15-16,19-20H2,1-2H3. The van der Waals surface area contributed by atoms with E-state index in [0.29, 0.717) is 11.5 Å². The number of para-hydroxylation sites is 2. The van der Waals surface area contributed by atoms with Gasteiger partial charge in [-0.15, -0.1) is 0 Å². The van der Waals surface area contributed by atoms with E-state index in [9.17, 15) is 9.59 Å². The summed E-state index contributed by atoms with van der Waals surface area (Å²) < 4.78 is 10.7.